The molecule has 5 heteroatoms. The predicted molar refractivity (Wildman–Crippen MR) is 79.6 cm³/mol. The number of nitro benzene ring substituents is 1. The topological polar surface area (TPSA) is 55.2 Å². The highest BCUT2D eigenvalue weighted by molar-refractivity contribution is 5.41. The summed E-state index contributed by atoms with van der Waals surface area (Å²) in [5.41, 5.74) is 1.41. The van der Waals surface area contributed by atoms with Crippen LogP contribution in [-0.2, 0) is 6.42 Å². The zero-order chi connectivity index (χ0) is 15.2. The smallest absolute Gasteiger partial charge is 0.275 e. The van der Waals surface area contributed by atoms with Gasteiger partial charge in [-0.3, -0.25) is 10.1 Å². The van der Waals surface area contributed by atoms with E-state index in [9.17, 15) is 14.5 Å². The molecule has 2 aromatic rings. The lowest BCUT2D eigenvalue weighted by molar-refractivity contribution is -0.385. The van der Waals surface area contributed by atoms with Gasteiger partial charge >= 0.3 is 0 Å². The maximum absolute atomic E-state index is 13.2. The molecule has 4 nitrogen and oxygen atoms in total. The summed E-state index contributed by atoms with van der Waals surface area (Å²) in [4.78, 5) is 10.5. The Bertz CT molecular complexity index is 617. The molecule has 0 radical (unpaired) electrons. The van der Waals surface area contributed by atoms with Crippen molar-refractivity contribution in [3.8, 4) is 0 Å². The van der Waals surface area contributed by atoms with Crippen LogP contribution in [0, 0.1) is 15.9 Å². The molecule has 1 unspecified atom stereocenters. The molecule has 0 saturated heterocycles. The Balaban J connectivity index is 2.31. The van der Waals surface area contributed by atoms with E-state index in [2.05, 4.69) is 5.32 Å². The molecular formula is C16H17FN2O2. The number of rotatable bonds is 6. The third-order valence-electron chi connectivity index (χ3n) is 3.32. The SMILES string of the molecule is CCNC(Cc1ccc(F)cc1[N+](=O)[O-])c1ccccc1. The fourth-order valence-electron chi connectivity index (χ4n) is 2.34. The molecule has 0 amide bonds. The lowest BCUT2D eigenvalue weighted by Crippen LogP contribution is -2.23. The Morgan fingerprint density at radius 1 is 1.24 bits per heavy atom. The summed E-state index contributed by atoms with van der Waals surface area (Å²) in [7, 11) is 0. The summed E-state index contributed by atoms with van der Waals surface area (Å²) in [5, 5.41) is 14.4. The number of nitrogens with zero attached hydrogens (tertiary/aromatic N) is 1. The third kappa shape index (κ3) is 3.86. The number of likely N-dealkylation sites (N-methyl/N-ethyl adjacent to an activating group) is 1. The average molecular weight is 288 g/mol. The molecule has 2 rings (SSSR count). The van der Waals surface area contributed by atoms with E-state index in [-0.39, 0.29) is 11.7 Å². The van der Waals surface area contributed by atoms with Crippen LogP contribution in [0.5, 0.6) is 0 Å². The summed E-state index contributed by atoms with van der Waals surface area (Å²) >= 11 is 0. The minimum Gasteiger partial charge on any atom is -0.310 e. The number of hydrogen-bond acceptors (Lipinski definition) is 3. The summed E-state index contributed by atoms with van der Waals surface area (Å²) < 4.78 is 13.2. The zero-order valence-corrected chi connectivity index (χ0v) is 11.8. The maximum Gasteiger partial charge on any atom is 0.275 e. The molecule has 0 aliphatic carbocycles. The zero-order valence-electron chi connectivity index (χ0n) is 11.8. The largest absolute Gasteiger partial charge is 0.310 e. The summed E-state index contributed by atoms with van der Waals surface area (Å²) in [6.07, 6.45) is 0.439. The van der Waals surface area contributed by atoms with Gasteiger partial charge in [-0.25, -0.2) is 4.39 Å². The van der Waals surface area contributed by atoms with Crippen molar-refractivity contribution in [2.24, 2.45) is 0 Å². The van der Waals surface area contributed by atoms with Crippen LogP contribution in [0.2, 0.25) is 0 Å². The molecule has 1 N–H and O–H groups in total. The minimum absolute atomic E-state index is 0.0413. The fraction of sp³-hybridized carbons (Fsp3) is 0.250. The molecule has 2 aromatic carbocycles. The van der Waals surface area contributed by atoms with E-state index in [1.165, 1.54) is 12.1 Å². The monoisotopic (exact) mass is 288 g/mol. The molecule has 0 aliphatic rings. The first-order valence-electron chi connectivity index (χ1n) is 6.83. The number of benzene rings is 2. The van der Waals surface area contributed by atoms with E-state index in [4.69, 9.17) is 0 Å². The average Bonchev–Trinajstić information content (AvgIpc) is 2.49. The van der Waals surface area contributed by atoms with Crippen LogP contribution in [-0.4, -0.2) is 11.5 Å². The van der Waals surface area contributed by atoms with Crippen LogP contribution >= 0.6 is 0 Å². The van der Waals surface area contributed by atoms with Crippen molar-refractivity contribution in [2.75, 3.05) is 6.54 Å². The Morgan fingerprint density at radius 3 is 2.57 bits per heavy atom. The summed E-state index contributed by atoms with van der Waals surface area (Å²) in [5.74, 6) is -0.592. The van der Waals surface area contributed by atoms with Crippen molar-refractivity contribution in [3.63, 3.8) is 0 Å². The molecule has 0 aromatic heterocycles. The summed E-state index contributed by atoms with van der Waals surface area (Å²) in [6, 6.07) is 13.4. The van der Waals surface area contributed by atoms with Crippen molar-refractivity contribution in [1.29, 1.82) is 0 Å². The Labute approximate surface area is 122 Å². The molecule has 0 fully saturated rings. The molecule has 110 valence electrons. The van der Waals surface area contributed by atoms with Gasteiger partial charge in [0.1, 0.15) is 5.82 Å². The van der Waals surface area contributed by atoms with Crippen LogP contribution in [0.25, 0.3) is 0 Å². The van der Waals surface area contributed by atoms with Gasteiger partial charge in [-0.1, -0.05) is 37.3 Å². The molecule has 1 atom stereocenters. The van der Waals surface area contributed by atoms with Gasteiger partial charge in [0.05, 0.1) is 11.0 Å². The van der Waals surface area contributed by atoms with Crippen LogP contribution in [0.3, 0.4) is 0 Å². The normalized spacial score (nSPS) is 12.1. The highest BCUT2D eigenvalue weighted by Crippen LogP contribution is 2.26. The van der Waals surface area contributed by atoms with E-state index >= 15 is 0 Å². The molecule has 0 saturated carbocycles. The van der Waals surface area contributed by atoms with Crippen molar-refractivity contribution in [3.05, 3.63) is 75.6 Å². The molecule has 21 heavy (non-hydrogen) atoms. The van der Waals surface area contributed by atoms with Gasteiger partial charge in [-0.05, 0) is 30.7 Å². The first kappa shape index (κ1) is 15.1. The van der Waals surface area contributed by atoms with Gasteiger partial charge in [0, 0.05) is 11.6 Å². The molecule has 0 aliphatic heterocycles. The van der Waals surface area contributed by atoms with Gasteiger partial charge in [-0.2, -0.15) is 0 Å². The van der Waals surface area contributed by atoms with Crippen molar-refractivity contribution in [1.82, 2.24) is 5.32 Å². The van der Waals surface area contributed by atoms with Crippen LogP contribution in [0.1, 0.15) is 24.1 Å². The van der Waals surface area contributed by atoms with Crippen molar-refractivity contribution >= 4 is 5.69 Å². The lowest BCUT2D eigenvalue weighted by Gasteiger charge is -2.18. The second-order valence-corrected chi connectivity index (χ2v) is 4.76. The van der Waals surface area contributed by atoms with E-state index in [0.29, 0.717) is 12.0 Å². The van der Waals surface area contributed by atoms with Gasteiger partial charge in [-0.15, -0.1) is 0 Å². The van der Waals surface area contributed by atoms with Crippen molar-refractivity contribution in [2.45, 2.75) is 19.4 Å². The maximum atomic E-state index is 13.2. The van der Waals surface area contributed by atoms with Gasteiger partial charge < -0.3 is 5.32 Å². The first-order valence-corrected chi connectivity index (χ1v) is 6.83. The number of halogens is 1. The molecule has 0 heterocycles. The van der Waals surface area contributed by atoms with Gasteiger partial charge in [0.15, 0.2) is 0 Å². The minimum atomic E-state index is -0.592. The second kappa shape index (κ2) is 6.95. The molecule has 0 spiro atoms. The number of hydrogen-bond donors (Lipinski definition) is 1. The Kier molecular flexibility index (Phi) is 5.00. The summed E-state index contributed by atoms with van der Waals surface area (Å²) in [6.45, 7) is 2.73. The van der Waals surface area contributed by atoms with Crippen LogP contribution < -0.4 is 5.32 Å². The Hall–Kier alpha value is -2.27. The lowest BCUT2D eigenvalue weighted by atomic mass is 9.97. The standard InChI is InChI=1S/C16H17FN2O2/c1-2-18-15(12-6-4-3-5-7-12)10-13-8-9-14(17)11-16(13)19(20)21/h3-9,11,15,18H,2,10H2,1H3. The second-order valence-electron chi connectivity index (χ2n) is 4.76. The van der Waals surface area contributed by atoms with E-state index < -0.39 is 10.7 Å². The predicted octanol–water partition coefficient (Wildman–Crippen LogP) is 3.63. The first-order chi connectivity index (χ1) is 10.1. The van der Waals surface area contributed by atoms with Gasteiger partial charge in [0.2, 0.25) is 0 Å². The van der Waals surface area contributed by atoms with E-state index in [1.54, 1.807) is 0 Å². The molecular weight excluding hydrogens is 271 g/mol. The highest BCUT2D eigenvalue weighted by atomic mass is 19.1. The molecule has 0 bridgehead atoms. The van der Waals surface area contributed by atoms with E-state index in [1.807, 2.05) is 37.3 Å². The van der Waals surface area contributed by atoms with E-state index in [0.717, 1.165) is 18.2 Å². The van der Waals surface area contributed by atoms with Crippen molar-refractivity contribution < 1.29 is 9.31 Å². The van der Waals surface area contributed by atoms with Gasteiger partial charge in [0.25, 0.3) is 5.69 Å². The highest BCUT2D eigenvalue weighted by Gasteiger charge is 2.19. The third-order valence-corrected chi connectivity index (χ3v) is 3.32. The van der Waals surface area contributed by atoms with Crippen LogP contribution in [0.15, 0.2) is 48.5 Å². The quantitative estimate of drug-likeness (QED) is 0.652. The fourth-order valence-corrected chi connectivity index (χ4v) is 2.34. The number of nitro groups is 1. The number of nitrogens with one attached hydrogen (secondary N) is 1. The Morgan fingerprint density at radius 2 is 1.95 bits per heavy atom. The van der Waals surface area contributed by atoms with Crippen LogP contribution in [0.4, 0.5) is 10.1 Å².